The summed E-state index contributed by atoms with van der Waals surface area (Å²) in [4.78, 5) is 0.0510. The number of aliphatic hydroxyl groups excluding tert-OH is 1. The Balaban J connectivity index is 1.91. The first-order valence-corrected chi connectivity index (χ1v) is 10.3. The molecule has 148 valence electrons. The first-order valence-electron chi connectivity index (χ1n) is 8.83. The van der Waals surface area contributed by atoms with Crippen molar-refractivity contribution in [3.8, 4) is 11.5 Å². The van der Waals surface area contributed by atoms with Crippen LogP contribution < -0.4 is 9.04 Å². The zero-order chi connectivity index (χ0) is 20.1. The highest BCUT2D eigenvalue weighted by Gasteiger charge is 2.31. The third-order valence-corrected chi connectivity index (χ3v) is 6.21. The number of benzene rings is 2. The van der Waals surface area contributed by atoms with Gasteiger partial charge >= 0.3 is 0 Å². The summed E-state index contributed by atoms with van der Waals surface area (Å²) in [5.41, 5.74) is 0.768. The standard InChI is InChI=1S/C20H22N2O5S/c1-15-20(16(2)27-21-15)28(24,25)22(13-6-14-23)17-9-11-19(12-10-17)26-18-7-4-3-5-8-18/h3-5,7-12,23H,6,13-14H2,1-2H3. The number of sulfonamides is 1. The fourth-order valence-electron chi connectivity index (χ4n) is 2.86. The lowest BCUT2D eigenvalue weighted by Crippen LogP contribution is -2.33. The molecule has 2 aromatic carbocycles. The Kier molecular flexibility index (Phi) is 6.01. The number of hydrogen-bond donors (Lipinski definition) is 1. The van der Waals surface area contributed by atoms with Gasteiger partial charge < -0.3 is 14.4 Å². The van der Waals surface area contributed by atoms with E-state index in [-0.39, 0.29) is 23.8 Å². The van der Waals surface area contributed by atoms with Gasteiger partial charge in [-0.05, 0) is 56.7 Å². The van der Waals surface area contributed by atoms with Crippen LogP contribution in [0.2, 0.25) is 0 Å². The summed E-state index contributed by atoms with van der Waals surface area (Å²) in [7, 11) is -3.89. The van der Waals surface area contributed by atoms with E-state index in [4.69, 9.17) is 9.26 Å². The summed E-state index contributed by atoms with van der Waals surface area (Å²) in [6.07, 6.45) is 0.297. The maximum atomic E-state index is 13.2. The first kappa shape index (κ1) is 19.9. The summed E-state index contributed by atoms with van der Waals surface area (Å²) in [5, 5.41) is 13.0. The lowest BCUT2D eigenvalue weighted by atomic mass is 10.3. The molecule has 0 unspecified atom stereocenters. The smallest absolute Gasteiger partial charge is 0.269 e. The minimum Gasteiger partial charge on any atom is -0.457 e. The molecule has 28 heavy (non-hydrogen) atoms. The second-order valence-corrected chi connectivity index (χ2v) is 8.02. The Morgan fingerprint density at radius 3 is 2.25 bits per heavy atom. The van der Waals surface area contributed by atoms with Crippen molar-refractivity contribution in [1.29, 1.82) is 0 Å². The predicted octanol–water partition coefficient (Wildman–Crippen LogP) is 3.66. The molecule has 0 aliphatic rings. The van der Waals surface area contributed by atoms with Gasteiger partial charge in [-0.2, -0.15) is 0 Å². The second-order valence-electron chi connectivity index (χ2n) is 6.22. The fraction of sp³-hybridized carbons (Fsp3) is 0.250. The summed E-state index contributed by atoms with van der Waals surface area (Å²) >= 11 is 0. The Hall–Kier alpha value is -2.84. The molecule has 7 nitrogen and oxygen atoms in total. The van der Waals surface area contributed by atoms with Crippen LogP contribution in [0.4, 0.5) is 5.69 Å². The van der Waals surface area contributed by atoms with Gasteiger partial charge in [-0.1, -0.05) is 23.4 Å². The Morgan fingerprint density at radius 1 is 1.04 bits per heavy atom. The second kappa shape index (κ2) is 8.45. The highest BCUT2D eigenvalue weighted by Crippen LogP contribution is 2.30. The Morgan fingerprint density at radius 2 is 1.68 bits per heavy atom. The molecular formula is C20H22N2O5S. The van der Waals surface area contributed by atoms with Crippen molar-refractivity contribution in [2.24, 2.45) is 0 Å². The number of ether oxygens (including phenoxy) is 1. The van der Waals surface area contributed by atoms with Crippen LogP contribution in [0.3, 0.4) is 0 Å². The number of aromatic nitrogens is 1. The van der Waals surface area contributed by atoms with E-state index in [0.29, 0.717) is 29.3 Å². The molecule has 0 fully saturated rings. The van der Waals surface area contributed by atoms with Gasteiger partial charge in [-0.25, -0.2) is 8.42 Å². The maximum Gasteiger partial charge on any atom is 0.269 e. The number of para-hydroxylation sites is 1. The van der Waals surface area contributed by atoms with E-state index < -0.39 is 10.0 Å². The van der Waals surface area contributed by atoms with Gasteiger partial charge in [0, 0.05) is 13.2 Å². The molecule has 0 spiro atoms. The highest BCUT2D eigenvalue weighted by molar-refractivity contribution is 7.93. The lowest BCUT2D eigenvalue weighted by molar-refractivity contribution is 0.291. The molecule has 0 amide bonds. The minimum absolute atomic E-state index is 0.0510. The molecule has 0 saturated carbocycles. The van der Waals surface area contributed by atoms with Gasteiger partial charge in [0.2, 0.25) is 0 Å². The number of anilines is 1. The molecule has 3 aromatic rings. The molecule has 8 heteroatoms. The molecule has 0 aliphatic carbocycles. The summed E-state index contributed by atoms with van der Waals surface area (Å²) < 4.78 is 38.5. The van der Waals surface area contributed by atoms with E-state index in [9.17, 15) is 13.5 Å². The molecule has 1 aromatic heterocycles. The SMILES string of the molecule is Cc1noc(C)c1S(=O)(=O)N(CCCO)c1ccc(Oc2ccccc2)cc1. The molecular weight excluding hydrogens is 380 g/mol. The van der Waals surface area contributed by atoms with Crippen molar-refractivity contribution in [1.82, 2.24) is 5.16 Å². The van der Waals surface area contributed by atoms with Crippen molar-refractivity contribution < 1.29 is 22.8 Å². The summed E-state index contributed by atoms with van der Waals surface area (Å²) in [5.74, 6) is 1.51. The molecule has 0 saturated heterocycles. The first-order chi connectivity index (χ1) is 13.4. The van der Waals surface area contributed by atoms with Crippen molar-refractivity contribution in [3.63, 3.8) is 0 Å². The Labute approximate surface area is 164 Å². The molecule has 1 N–H and O–H groups in total. The van der Waals surface area contributed by atoms with E-state index in [2.05, 4.69) is 5.16 Å². The van der Waals surface area contributed by atoms with Crippen molar-refractivity contribution >= 4 is 15.7 Å². The van der Waals surface area contributed by atoms with Crippen molar-refractivity contribution in [2.75, 3.05) is 17.5 Å². The quantitative estimate of drug-likeness (QED) is 0.618. The number of nitrogens with zero attached hydrogens (tertiary/aromatic N) is 2. The van der Waals surface area contributed by atoms with Gasteiger partial charge in [0.1, 0.15) is 17.2 Å². The van der Waals surface area contributed by atoms with E-state index in [1.807, 2.05) is 30.3 Å². The molecule has 0 radical (unpaired) electrons. The third-order valence-electron chi connectivity index (χ3n) is 4.14. The van der Waals surface area contributed by atoms with Gasteiger partial charge in [0.15, 0.2) is 10.7 Å². The largest absolute Gasteiger partial charge is 0.457 e. The number of rotatable bonds is 8. The fourth-order valence-corrected chi connectivity index (χ4v) is 4.66. The van der Waals surface area contributed by atoms with E-state index in [1.165, 1.54) is 4.31 Å². The summed E-state index contributed by atoms with van der Waals surface area (Å²) in [6.45, 7) is 3.16. The topological polar surface area (TPSA) is 92.9 Å². The van der Waals surface area contributed by atoms with Crippen LogP contribution in [-0.4, -0.2) is 31.8 Å². The van der Waals surface area contributed by atoms with Crippen LogP contribution in [0.1, 0.15) is 17.9 Å². The van der Waals surface area contributed by atoms with Crippen LogP contribution >= 0.6 is 0 Å². The van der Waals surface area contributed by atoms with Crippen LogP contribution in [0, 0.1) is 13.8 Å². The van der Waals surface area contributed by atoms with Gasteiger partial charge in [0.25, 0.3) is 10.0 Å². The van der Waals surface area contributed by atoms with Gasteiger partial charge in [-0.3, -0.25) is 4.31 Å². The number of aryl methyl sites for hydroxylation is 2. The zero-order valence-corrected chi connectivity index (χ0v) is 16.5. The zero-order valence-electron chi connectivity index (χ0n) is 15.7. The normalized spacial score (nSPS) is 11.4. The van der Waals surface area contributed by atoms with Crippen LogP contribution in [0.5, 0.6) is 11.5 Å². The molecule has 1 heterocycles. The molecule has 0 aliphatic heterocycles. The average Bonchev–Trinajstić information content (AvgIpc) is 3.03. The van der Waals surface area contributed by atoms with Gasteiger partial charge in [0.05, 0.1) is 5.69 Å². The van der Waals surface area contributed by atoms with E-state index >= 15 is 0 Å². The minimum atomic E-state index is -3.89. The predicted molar refractivity (Wildman–Crippen MR) is 105 cm³/mol. The monoisotopic (exact) mass is 402 g/mol. The lowest BCUT2D eigenvalue weighted by Gasteiger charge is -2.24. The average molecular weight is 402 g/mol. The highest BCUT2D eigenvalue weighted by atomic mass is 32.2. The maximum absolute atomic E-state index is 13.2. The number of aliphatic hydroxyl groups is 1. The molecule has 0 atom stereocenters. The molecule has 3 rings (SSSR count). The van der Waals surface area contributed by atoms with E-state index in [0.717, 1.165) is 0 Å². The van der Waals surface area contributed by atoms with E-state index in [1.54, 1.807) is 38.1 Å². The van der Waals surface area contributed by atoms with Crippen LogP contribution in [0.25, 0.3) is 0 Å². The number of hydrogen-bond acceptors (Lipinski definition) is 6. The summed E-state index contributed by atoms with van der Waals surface area (Å²) in [6, 6.07) is 16.1. The van der Waals surface area contributed by atoms with Crippen molar-refractivity contribution in [2.45, 2.75) is 25.2 Å². The Bertz CT molecular complexity index is 995. The third kappa shape index (κ3) is 4.18. The molecule has 0 bridgehead atoms. The van der Waals surface area contributed by atoms with Gasteiger partial charge in [-0.15, -0.1) is 0 Å². The van der Waals surface area contributed by atoms with Crippen LogP contribution in [0.15, 0.2) is 64.0 Å². The van der Waals surface area contributed by atoms with Crippen LogP contribution in [-0.2, 0) is 10.0 Å². The van der Waals surface area contributed by atoms with Crippen molar-refractivity contribution in [3.05, 3.63) is 66.1 Å².